The Kier molecular flexibility index (Phi) is 3.34. The van der Waals surface area contributed by atoms with E-state index in [2.05, 4.69) is 46.8 Å². The molecule has 0 aromatic heterocycles. The summed E-state index contributed by atoms with van der Waals surface area (Å²) in [5.74, 6) is 0.750. The van der Waals surface area contributed by atoms with Gasteiger partial charge in [0, 0.05) is 0 Å². The van der Waals surface area contributed by atoms with Crippen molar-refractivity contribution >= 4 is 0 Å². The summed E-state index contributed by atoms with van der Waals surface area (Å²) >= 11 is 0. The van der Waals surface area contributed by atoms with Crippen LogP contribution in [0.15, 0.2) is 12.1 Å². The maximum atomic E-state index is 2.41. The first-order chi connectivity index (χ1) is 7.97. The fraction of sp³-hybridized carbons (Fsp3) is 0.647. The number of hydrogen-bond acceptors (Lipinski definition) is 0. The Morgan fingerprint density at radius 2 is 2.00 bits per heavy atom. The van der Waals surface area contributed by atoms with E-state index in [4.69, 9.17) is 0 Å². The minimum absolute atomic E-state index is 0.323. The zero-order valence-electron chi connectivity index (χ0n) is 12.1. The van der Waals surface area contributed by atoms with Crippen LogP contribution in [0.1, 0.15) is 75.1 Å². The van der Waals surface area contributed by atoms with Crippen LogP contribution in [0.2, 0.25) is 0 Å². The SMILES string of the molecule is CCC(C)(C)c1ccc(C)c2c1C(C)CCC2. The van der Waals surface area contributed by atoms with Crippen molar-refractivity contribution in [2.45, 2.75) is 71.6 Å². The Balaban J connectivity index is 2.62. The van der Waals surface area contributed by atoms with E-state index in [-0.39, 0.29) is 0 Å². The van der Waals surface area contributed by atoms with Gasteiger partial charge in [-0.2, -0.15) is 0 Å². The number of aryl methyl sites for hydroxylation is 1. The summed E-state index contributed by atoms with van der Waals surface area (Å²) in [5.41, 5.74) is 6.77. The Bertz CT molecular complexity index is 412. The minimum atomic E-state index is 0.323. The molecule has 0 saturated carbocycles. The predicted molar refractivity (Wildman–Crippen MR) is 75.8 cm³/mol. The molecular weight excluding hydrogens is 204 g/mol. The van der Waals surface area contributed by atoms with E-state index in [0.717, 1.165) is 5.92 Å². The normalized spacial score (nSPS) is 20.2. The molecule has 2 rings (SSSR count). The fourth-order valence-corrected chi connectivity index (χ4v) is 3.18. The van der Waals surface area contributed by atoms with Crippen molar-refractivity contribution in [1.82, 2.24) is 0 Å². The summed E-state index contributed by atoms with van der Waals surface area (Å²) in [6, 6.07) is 4.73. The van der Waals surface area contributed by atoms with Gasteiger partial charge in [-0.05, 0) is 66.2 Å². The summed E-state index contributed by atoms with van der Waals surface area (Å²) in [7, 11) is 0. The molecule has 1 aliphatic carbocycles. The van der Waals surface area contributed by atoms with Gasteiger partial charge in [0.2, 0.25) is 0 Å². The van der Waals surface area contributed by atoms with E-state index in [1.807, 2.05) is 0 Å². The molecule has 0 saturated heterocycles. The minimum Gasteiger partial charge on any atom is -0.0646 e. The lowest BCUT2D eigenvalue weighted by molar-refractivity contribution is 0.483. The molecule has 94 valence electrons. The molecular formula is C17H26. The molecule has 0 bridgehead atoms. The average molecular weight is 230 g/mol. The first-order valence-electron chi connectivity index (χ1n) is 7.10. The van der Waals surface area contributed by atoms with E-state index in [1.54, 1.807) is 16.7 Å². The Morgan fingerprint density at radius 1 is 1.29 bits per heavy atom. The van der Waals surface area contributed by atoms with Gasteiger partial charge in [-0.3, -0.25) is 0 Å². The monoisotopic (exact) mass is 230 g/mol. The van der Waals surface area contributed by atoms with Crippen LogP contribution in [0.3, 0.4) is 0 Å². The highest BCUT2D eigenvalue weighted by molar-refractivity contribution is 5.47. The molecule has 1 aromatic rings. The van der Waals surface area contributed by atoms with Gasteiger partial charge in [0.25, 0.3) is 0 Å². The Hall–Kier alpha value is -0.780. The second-order valence-corrected chi connectivity index (χ2v) is 6.35. The lowest BCUT2D eigenvalue weighted by Crippen LogP contribution is -2.22. The summed E-state index contributed by atoms with van der Waals surface area (Å²) in [6.45, 7) is 11.8. The zero-order chi connectivity index (χ0) is 12.6. The number of fused-ring (bicyclic) bond motifs is 1. The molecule has 1 aromatic carbocycles. The number of rotatable bonds is 2. The molecule has 0 heteroatoms. The van der Waals surface area contributed by atoms with Crippen molar-refractivity contribution in [2.24, 2.45) is 0 Å². The molecule has 0 heterocycles. The quantitative estimate of drug-likeness (QED) is 0.661. The average Bonchev–Trinajstić information content (AvgIpc) is 2.30. The van der Waals surface area contributed by atoms with Crippen molar-refractivity contribution in [2.75, 3.05) is 0 Å². The highest BCUT2D eigenvalue weighted by atomic mass is 14.3. The fourth-order valence-electron chi connectivity index (χ4n) is 3.18. The first-order valence-corrected chi connectivity index (χ1v) is 7.10. The third-order valence-corrected chi connectivity index (χ3v) is 4.76. The summed E-state index contributed by atoms with van der Waals surface area (Å²) in [5, 5.41) is 0. The molecule has 0 fully saturated rings. The second-order valence-electron chi connectivity index (χ2n) is 6.35. The van der Waals surface area contributed by atoms with Crippen LogP contribution >= 0.6 is 0 Å². The van der Waals surface area contributed by atoms with Gasteiger partial charge in [-0.1, -0.05) is 39.8 Å². The van der Waals surface area contributed by atoms with Crippen molar-refractivity contribution in [3.05, 3.63) is 34.4 Å². The third-order valence-electron chi connectivity index (χ3n) is 4.76. The topological polar surface area (TPSA) is 0 Å². The molecule has 0 N–H and O–H groups in total. The molecule has 0 aliphatic heterocycles. The lowest BCUT2D eigenvalue weighted by atomic mass is 9.71. The maximum Gasteiger partial charge on any atom is -0.0103 e. The van der Waals surface area contributed by atoms with Crippen LogP contribution in [0, 0.1) is 6.92 Å². The molecule has 0 radical (unpaired) electrons. The summed E-state index contributed by atoms with van der Waals surface area (Å²) < 4.78 is 0. The molecule has 0 amide bonds. The highest BCUT2D eigenvalue weighted by Crippen LogP contribution is 2.41. The molecule has 0 nitrogen and oxygen atoms in total. The van der Waals surface area contributed by atoms with Crippen molar-refractivity contribution in [1.29, 1.82) is 0 Å². The van der Waals surface area contributed by atoms with Gasteiger partial charge < -0.3 is 0 Å². The zero-order valence-corrected chi connectivity index (χ0v) is 12.1. The second kappa shape index (κ2) is 4.48. The van der Waals surface area contributed by atoms with Gasteiger partial charge >= 0.3 is 0 Å². The van der Waals surface area contributed by atoms with E-state index in [0.29, 0.717) is 5.41 Å². The maximum absolute atomic E-state index is 2.41. The number of benzene rings is 1. The van der Waals surface area contributed by atoms with Crippen LogP contribution < -0.4 is 0 Å². The van der Waals surface area contributed by atoms with Gasteiger partial charge in [0.05, 0.1) is 0 Å². The van der Waals surface area contributed by atoms with Crippen LogP contribution in [0.5, 0.6) is 0 Å². The predicted octanol–water partition coefficient (Wildman–Crippen LogP) is 5.12. The third kappa shape index (κ3) is 2.14. The van der Waals surface area contributed by atoms with E-state index >= 15 is 0 Å². The molecule has 1 atom stereocenters. The molecule has 1 aliphatic rings. The van der Waals surface area contributed by atoms with E-state index in [1.165, 1.54) is 31.2 Å². The van der Waals surface area contributed by atoms with Gasteiger partial charge in [-0.15, -0.1) is 0 Å². The summed E-state index contributed by atoms with van der Waals surface area (Å²) in [4.78, 5) is 0. The van der Waals surface area contributed by atoms with Crippen LogP contribution in [0.4, 0.5) is 0 Å². The molecule has 17 heavy (non-hydrogen) atoms. The van der Waals surface area contributed by atoms with Crippen LogP contribution in [0.25, 0.3) is 0 Å². The Morgan fingerprint density at radius 3 is 2.65 bits per heavy atom. The number of hydrogen-bond donors (Lipinski definition) is 0. The van der Waals surface area contributed by atoms with Crippen LogP contribution in [-0.2, 0) is 11.8 Å². The Labute approximate surface area is 106 Å². The van der Waals surface area contributed by atoms with E-state index < -0.39 is 0 Å². The largest absolute Gasteiger partial charge is 0.0646 e. The van der Waals surface area contributed by atoms with Crippen molar-refractivity contribution in [3.63, 3.8) is 0 Å². The van der Waals surface area contributed by atoms with Crippen LogP contribution in [-0.4, -0.2) is 0 Å². The smallest absolute Gasteiger partial charge is 0.0103 e. The van der Waals surface area contributed by atoms with E-state index in [9.17, 15) is 0 Å². The van der Waals surface area contributed by atoms with Crippen molar-refractivity contribution in [3.8, 4) is 0 Å². The lowest BCUT2D eigenvalue weighted by Gasteiger charge is -2.34. The van der Waals surface area contributed by atoms with Gasteiger partial charge in [0.1, 0.15) is 0 Å². The molecule has 1 unspecified atom stereocenters. The summed E-state index contributed by atoms with van der Waals surface area (Å²) in [6.07, 6.45) is 5.24. The van der Waals surface area contributed by atoms with Crippen molar-refractivity contribution < 1.29 is 0 Å². The standard InChI is InChI=1S/C17H26/c1-6-17(4,5)15-11-10-12(2)14-9-7-8-13(3)16(14)15/h10-11,13H,6-9H2,1-5H3. The van der Waals surface area contributed by atoms with Gasteiger partial charge in [-0.25, -0.2) is 0 Å². The molecule has 0 spiro atoms. The first kappa shape index (κ1) is 12.7. The van der Waals surface area contributed by atoms with Gasteiger partial charge in [0.15, 0.2) is 0 Å². The highest BCUT2D eigenvalue weighted by Gasteiger charge is 2.28.